The zero-order valence-corrected chi connectivity index (χ0v) is 11.1. The molecule has 0 aliphatic rings. The van der Waals surface area contributed by atoms with Gasteiger partial charge in [0.1, 0.15) is 5.75 Å². The number of hydrogen-bond donors (Lipinski definition) is 2. The first-order valence-corrected chi connectivity index (χ1v) is 5.90. The van der Waals surface area contributed by atoms with Crippen LogP contribution in [0.1, 0.15) is 0 Å². The van der Waals surface area contributed by atoms with Crippen molar-refractivity contribution in [3.8, 4) is 5.75 Å². The third kappa shape index (κ3) is 3.66. The molecule has 1 heterocycles. The summed E-state index contributed by atoms with van der Waals surface area (Å²) in [5, 5.41) is 15.8. The largest absolute Gasteiger partial charge is 0.495 e. The normalized spacial score (nSPS) is 9.76. The summed E-state index contributed by atoms with van der Waals surface area (Å²) in [6.45, 7) is 0. The van der Waals surface area contributed by atoms with Crippen molar-refractivity contribution >= 4 is 23.1 Å². The fourth-order valence-corrected chi connectivity index (χ4v) is 1.63. The maximum atomic E-state index is 11.9. The molecule has 2 rings (SSSR count). The van der Waals surface area contributed by atoms with Crippen LogP contribution >= 0.6 is 0 Å². The number of non-ortho nitro benzene ring substituents is 1. The number of carbonyl (C=O) groups excluding carboxylic acids is 1. The highest BCUT2D eigenvalue weighted by Gasteiger charge is 2.13. The van der Waals surface area contributed by atoms with E-state index in [-0.39, 0.29) is 11.4 Å². The number of nitrogens with one attached hydrogen (secondary N) is 2. The predicted octanol–water partition coefficient (Wildman–Crippen LogP) is 2.64. The van der Waals surface area contributed by atoms with Gasteiger partial charge in [-0.25, -0.2) is 4.79 Å². The maximum absolute atomic E-state index is 11.9. The van der Waals surface area contributed by atoms with Crippen molar-refractivity contribution in [2.75, 3.05) is 17.7 Å². The lowest BCUT2D eigenvalue weighted by Gasteiger charge is -2.10. The molecule has 2 amide bonds. The SMILES string of the molecule is COc1ccc([N+](=O)[O-])cc1NC(=O)Nc1cccnc1. The van der Waals surface area contributed by atoms with E-state index in [9.17, 15) is 14.9 Å². The van der Waals surface area contributed by atoms with E-state index in [0.717, 1.165) is 0 Å². The van der Waals surface area contributed by atoms with E-state index < -0.39 is 11.0 Å². The standard InChI is InChI=1S/C13H12N4O4/c1-21-12-5-4-10(17(19)20)7-11(12)16-13(18)15-9-3-2-6-14-8-9/h2-8H,1H3,(H2,15,16,18). The highest BCUT2D eigenvalue weighted by molar-refractivity contribution is 6.00. The van der Waals surface area contributed by atoms with E-state index in [1.165, 1.54) is 31.5 Å². The first kappa shape index (κ1) is 14.3. The minimum absolute atomic E-state index is 0.146. The van der Waals surface area contributed by atoms with Crippen molar-refractivity contribution in [1.82, 2.24) is 4.98 Å². The summed E-state index contributed by atoms with van der Waals surface area (Å²) in [5.41, 5.74) is 0.556. The number of amides is 2. The van der Waals surface area contributed by atoms with Gasteiger partial charge in [-0.3, -0.25) is 15.1 Å². The number of aromatic nitrogens is 1. The van der Waals surface area contributed by atoms with Gasteiger partial charge in [0.2, 0.25) is 0 Å². The fraction of sp³-hybridized carbons (Fsp3) is 0.0769. The van der Waals surface area contributed by atoms with Gasteiger partial charge in [-0.2, -0.15) is 0 Å². The Morgan fingerprint density at radius 3 is 2.76 bits per heavy atom. The van der Waals surface area contributed by atoms with Gasteiger partial charge in [0.15, 0.2) is 0 Å². The second kappa shape index (κ2) is 6.33. The molecule has 0 saturated heterocycles. The average Bonchev–Trinajstić information content (AvgIpc) is 2.48. The highest BCUT2D eigenvalue weighted by Crippen LogP contribution is 2.28. The van der Waals surface area contributed by atoms with E-state index in [1.54, 1.807) is 18.3 Å². The molecule has 2 N–H and O–H groups in total. The van der Waals surface area contributed by atoms with Crippen LogP contribution in [0.3, 0.4) is 0 Å². The summed E-state index contributed by atoms with van der Waals surface area (Å²) in [4.78, 5) is 25.9. The molecule has 108 valence electrons. The summed E-state index contributed by atoms with van der Waals surface area (Å²) in [6.07, 6.45) is 3.05. The van der Waals surface area contributed by atoms with Crippen LogP contribution in [0.15, 0.2) is 42.7 Å². The molecule has 8 nitrogen and oxygen atoms in total. The zero-order valence-electron chi connectivity index (χ0n) is 11.1. The van der Waals surface area contributed by atoms with Crippen LogP contribution in [0.4, 0.5) is 21.9 Å². The Kier molecular flexibility index (Phi) is 4.30. The van der Waals surface area contributed by atoms with Crippen molar-refractivity contribution in [2.24, 2.45) is 0 Å². The van der Waals surface area contributed by atoms with Gasteiger partial charge in [-0.15, -0.1) is 0 Å². The molecular formula is C13H12N4O4. The Balaban J connectivity index is 2.16. The van der Waals surface area contributed by atoms with Gasteiger partial charge in [-0.05, 0) is 18.2 Å². The smallest absolute Gasteiger partial charge is 0.323 e. The lowest BCUT2D eigenvalue weighted by molar-refractivity contribution is -0.384. The third-order valence-electron chi connectivity index (χ3n) is 2.56. The topological polar surface area (TPSA) is 106 Å². The Morgan fingerprint density at radius 2 is 2.14 bits per heavy atom. The van der Waals surface area contributed by atoms with Crippen LogP contribution in [0.25, 0.3) is 0 Å². The molecule has 0 aliphatic carbocycles. The van der Waals surface area contributed by atoms with Crippen LogP contribution in [-0.4, -0.2) is 23.0 Å². The number of pyridine rings is 1. The minimum Gasteiger partial charge on any atom is -0.495 e. The molecule has 2 aromatic rings. The van der Waals surface area contributed by atoms with Gasteiger partial charge in [0.25, 0.3) is 5.69 Å². The number of nitro benzene ring substituents is 1. The number of nitro groups is 1. The summed E-state index contributed by atoms with van der Waals surface area (Å²) >= 11 is 0. The van der Waals surface area contributed by atoms with Crippen molar-refractivity contribution in [1.29, 1.82) is 0 Å². The second-order valence-corrected chi connectivity index (χ2v) is 3.96. The molecule has 0 aliphatic heterocycles. The van der Waals surface area contributed by atoms with Crippen molar-refractivity contribution in [3.05, 3.63) is 52.8 Å². The lowest BCUT2D eigenvalue weighted by Crippen LogP contribution is -2.20. The molecule has 0 bridgehead atoms. The van der Waals surface area contributed by atoms with E-state index in [2.05, 4.69) is 15.6 Å². The summed E-state index contributed by atoms with van der Waals surface area (Å²) in [5.74, 6) is 0.321. The minimum atomic E-state index is -0.554. The van der Waals surface area contributed by atoms with Crippen LogP contribution < -0.4 is 15.4 Å². The number of ether oxygens (including phenoxy) is 1. The van der Waals surface area contributed by atoms with Gasteiger partial charge in [0.05, 0.1) is 29.6 Å². The molecular weight excluding hydrogens is 276 g/mol. The van der Waals surface area contributed by atoms with Gasteiger partial charge in [0, 0.05) is 18.3 Å². The first-order valence-electron chi connectivity index (χ1n) is 5.90. The molecule has 21 heavy (non-hydrogen) atoms. The molecule has 0 atom stereocenters. The van der Waals surface area contributed by atoms with Crippen molar-refractivity contribution in [2.45, 2.75) is 0 Å². The molecule has 1 aromatic carbocycles. The molecule has 0 fully saturated rings. The number of nitrogens with zero attached hydrogens (tertiary/aromatic N) is 2. The number of urea groups is 1. The molecule has 1 aromatic heterocycles. The van der Waals surface area contributed by atoms with E-state index in [4.69, 9.17) is 4.74 Å². The Morgan fingerprint density at radius 1 is 1.33 bits per heavy atom. The maximum Gasteiger partial charge on any atom is 0.323 e. The fourth-order valence-electron chi connectivity index (χ4n) is 1.63. The first-order chi connectivity index (χ1) is 10.1. The van der Waals surface area contributed by atoms with Gasteiger partial charge in [-0.1, -0.05) is 0 Å². The van der Waals surface area contributed by atoms with Crippen LogP contribution in [0.2, 0.25) is 0 Å². The summed E-state index contributed by atoms with van der Waals surface area (Å²) in [6, 6.07) is 6.71. The summed E-state index contributed by atoms with van der Waals surface area (Å²) < 4.78 is 5.05. The van der Waals surface area contributed by atoms with Gasteiger partial charge < -0.3 is 15.4 Å². The predicted molar refractivity (Wildman–Crippen MR) is 76.5 cm³/mol. The third-order valence-corrected chi connectivity index (χ3v) is 2.56. The number of methoxy groups -OCH3 is 1. The summed E-state index contributed by atoms with van der Waals surface area (Å²) in [7, 11) is 1.41. The van der Waals surface area contributed by atoms with Gasteiger partial charge >= 0.3 is 6.03 Å². The Hall–Kier alpha value is -3.16. The van der Waals surface area contributed by atoms with Crippen LogP contribution in [0, 0.1) is 10.1 Å². The Labute approximate surface area is 119 Å². The number of carbonyl (C=O) groups is 1. The van der Waals surface area contributed by atoms with Crippen molar-refractivity contribution < 1.29 is 14.5 Å². The van der Waals surface area contributed by atoms with Crippen molar-refractivity contribution in [3.63, 3.8) is 0 Å². The molecule has 8 heteroatoms. The second-order valence-electron chi connectivity index (χ2n) is 3.96. The Bertz CT molecular complexity index is 660. The van der Waals surface area contributed by atoms with Crippen LogP contribution in [0.5, 0.6) is 5.75 Å². The quantitative estimate of drug-likeness (QED) is 0.664. The van der Waals surface area contributed by atoms with E-state index in [1.807, 2.05) is 0 Å². The number of anilines is 2. The average molecular weight is 288 g/mol. The monoisotopic (exact) mass is 288 g/mol. The van der Waals surface area contributed by atoms with E-state index in [0.29, 0.717) is 11.4 Å². The molecule has 0 spiro atoms. The van der Waals surface area contributed by atoms with Crippen LogP contribution in [-0.2, 0) is 0 Å². The molecule has 0 saturated carbocycles. The molecule has 0 unspecified atom stereocenters. The number of hydrogen-bond acceptors (Lipinski definition) is 5. The lowest BCUT2D eigenvalue weighted by atomic mass is 10.2. The van der Waals surface area contributed by atoms with E-state index >= 15 is 0 Å². The molecule has 0 radical (unpaired) electrons. The number of rotatable bonds is 4. The zero-order chi connectivity index (χ0) is 15.2. The highest BCUT2D eigenvalue weighted by atomic mass is 16.6. The number of benzene rings is 1.